The van der Waals surface area contributed by atoms with Crippen molar-refractivity contribution in [2.75, 3.05) is 18.0 Å². The first-order chi connectivity index (χ1) is 8.35. The molecule has 1 aliphatic rings. The van der Waals surface area contributed by atoms with Gasteiger partial charge in [-0.05, 0) is 32.2 Å². The monoisotopic (exact) mass is 237 g/mol. The Balaban J connectivity index is 1.93. The van der Waals surface area contributed by atoms with Crippen LogP contribution in [0.2, 0.25) is 0 Å². The molecule has 17 heavy (non-hydrogen) atoms. The summed E-state index contributed by atoms with van der Waals surface area (Å²) in [6.45, 7) is 7.32. The molecule has 2 rings (SSSR count). The normalized spacial score (nSPS) is 20.1. The smallest absolute Gasteiger partial charge is 0.297 e. The van der Waals surface area contributed by atoms with Gasteiger partial charge in [0, 0.05) is 19.1 Å². The van der Waals surface area contributed by atoms with Crippen LogP contribution in [-0.4, -0.2) is 24.1 Å². The molecule has 4 nitrogen and oxygen atoms in total. The third-order valence-electron chi connectivity index (χ3n) is 3.37. The zero-order chi connectivity index (χ0) is 12.1. The van der Waals surface area contributed by atoms with Crippen LogP contribution in [0, 0.1) is 0 Å². The number of nitrogens with zero attached hydrogens (tertiary/aromatic N) is 2. The average molecular weight is 237 g/mol. The first-order valence-electron chi connectivity index (χ1n) is 6.77. The summed E-state index contributed by atoms with van der Waals surface area (Å²) in [4.78, 5) is 6.87. The summed E-state index contributed by atoms with van der Waals surface area (Å²) in [6, 6.07) is 1.42. The van der Waals surface area contributed by atoms with E-state index < -0.39 is 0 Å². The number of rotatable bonds is 6. The van der Waals surface area contributed by atoms with Crippen molar-refractivity contribution in [2.45, 2.75) is 52.1 Å². The fraction of sp³-hybridized carbons (Fsp3) is 0.769. The highest BCUT2D eigenvalue weighted by atomic mass is 16.4. The van der Waals surface area contributed by atoms with Gasteiger partial charge in [0.05, 0.1) is 5.69 Å². The largest absolute Gasteiger partial charge is 0.432 e. The Labute approximate surface area is 103 Å². The molecule has 0 saturated carbocycles. The summed E-state index contributed by atoms with van der Waals surface area (Å²) in [7, 11) is 0. The average Bonchev–Trinajstić information content (AvgIpc) is 2.96. The van der Waals surface area contributed by atoms with E-state index in [1.807, 2.05) is 0 Å². The summed E-state index contributed by atoms with van der Waals surface area (Å²) >= 11 is 0. The SMILES string of the molecule is CCCNCc1coc(N2CCCC2CC)n1. The Kier molecular flexibility index (Phi) is 4.42. The van der Waals surface area contributed by atoms with Gasteiger partial charge >= 0.3 is 0 Å². The Bertz CT molecular complexity index is 337. The molecule has 1 atom stereocenters. The second kappa shape index (κ2) is 6.05. The molecule has 0 bridgehead atoms. The summed E-state index contributed by atoms with van der Waals surface area (Å²) in [6.07, 6.45) is 6.62. The zero-order valence-corrected chi connectivity index (χ0v) is 10.9. The molecule has 0 radical (unpaired) electrons. The van der Waals surface area contributed by atoms with E-state index in [1.54, 1.807) is 6.26 Å². The molecule has 0 spiro atoms. The number of oxazole rings is 1. The van der Waals surface area contributed by atoms with E-state index in [1.165, 1.54) is 19.3 Å². The Morgan fingerprint density at radius 2 is 2.41 bits per heavy atom. The maximum absolute atomic E-state index is 5.59. The minimum Gasteiger partial charge on any atom is -0.432 e. The van der Waals surface area contributed by atoms with Crippen LogP contribution in [0.3, 0.4) is 0 Å². The lowest BCUT2D eigenvalue weighted by atomic mass is 10.2. The van der Waals surface area contributed by atoms with Crippen molar-refractivity contribution < 1.29 is 4.42 Å². The maximum atomic E-state index is 5.59. The molecular formula is C13H23N3O. The lowest BCUT2D eigenvalue weighted by Gasteiger charge is -2.20. The standard InChI is InChI=1S/C13H23N3O/c1-3-7-14-9-11-10-17-13(15-11)16-8-5-6-12(16)4-2/h10,12,14H,3-9H2,1-2H3. The predicted molar refractivity (Wildman–Crippen MR) is 69.2 cm³/mol. The summed E-state index contributed by atoms with van der Waals surface area (Å²) < 4.78 is 5.59. The van der Waals surface area contributed by atoms with Gasteiger partial charge in [-0.25, -0.2) is 0 Å². The topological polar surface area (TPSA) is 41.3 Å². The molecule has 4 heteroatoms. The van der Waals surface area contributed by atoms with Gasteiger partial charge in [0.1, 0.15) is 6.26 Å². The molecule has 96 valence electrons. The molecule has 1 fully saturated rings. The number of nitrogens with one attached hydrogen (secondary N) is 1. The van der Waals surface area contributed by atoms with E-state index in [-0.39, 0.29) is 0 Å². The van der Waals surface area contributed by atoms with Gasteiger partial charge in [0.2, 0.25) is 0 Å². The molecular weight excluding hydrogens is 214 g/mol. The van der Waals surface area contributed by atoms with Crippen molar-refractivity contribution in [2.24, 2.45) is 0 Å². The van der Waals surface area contributed by atoms with Crippen LogP contribution in [0.5, 0.6) is 0 Å². The fourth-order valence-electron chi connectivity index (χ4n) is 2.41. The van der Waals surface area contributed by atoms with Crippen molar-refractivity contribution >= 4 is 6.01 Å². The van der Waals surface area contributed by atoms with E-state index >= 15 is 0 Å². The second-order valence-corrected chi connectivity index (χ2v) is 4.70. The summed E-state index contributed by atoms with van der Waals surface area (Å²) in [5, 5.41) is 3.34. The highest BCUT2D eigenvalue weighted by molar-refractivity contribution is 5.30. The van der Waals surface area contributed by atoms with E-state index in [4.69, 9.17) is 4.42 Å². The van der Waals surface area contributed by atoms with Gasteiger partial charge in [-0.3, -0.25) is 0 Å². The molecule has 1 aromatic rings. The molecule has 1 N–H and O–H groups in total. The van der Waals surface area contributed by atoms with Gasteiger partial charge in [0.25, 0.3) is 6.01 Å². The van der Waals surface area contributed by atoms with E-state index in [2.05, 4.69) is 29.0 Å². The summed E-state index contributed by atoms with van der Waals surface area (Å²) in [5.74, 6) is 0. The third kappa shape index (κ3) is 3.00. The molecule has 1 saturated heterocycles. The second-order valence-electron chi connectivity index (χ2n) is 4.70. The molecule has 1 aliphatic heterocycles. The van der Waals surface area contributed by atoms with Crippen LogP contribution in [0.4, 0.5) is 6.01 Å². The van der Waals surface area contributed by atoms with Gasteiger partial charge in [-0.1, -0.05) is 13.8 Å². The first kappa shape index (κ1) is 12.4. The third-order valence-corrected chi connectivity index (χ3v) is 3.37. The molecule has 1 unspecified atom stereocenters. The quantitative estimate of drug-likeness (QED) is 0.772. The van der Waals surface area contributed by atoms with Crippen molar-refractivity contribution in [3.05, 3.63) is 12.0 Å². The zero-order valence-electron chi connectivity index (χ0n) is 10.9. The molecule has 1 aromatic heterocycles. The lowest BCUT2D eigenvalue weighted by Crippen LogP contribution is -2.28. The Morgan fingerprint density at radius 3 is 3.18 bits per heavy atom. The minimum absolute atomic E-state index is 0.616. The molecule has 0 aliphatic carbocycles. The van der Waals surface area contributed by atoms with Crippen LogP contribution >= 0.6 is 0 Å². The van der Waals surface area contributed by atoms with Crippen molar-refractivity contribution in [3.63, 3.8) is 0 Å². The highest BCUT2D eigenvalue weighted by Crippen LogP contribution is 2.26. The van der Waals surface area contributed by atoms with Crippen LogP contribution in [-0.2, 0) is 6.54 Å². The van der Waals surface area contributed by atoms with Gasteiger partial charge < -0.3 is 14.6 Å². The molecule has 2 heterocycles. The van der Waals surface area contributed by atoms with E-state index in [0.717, 1.165) is 37.8 Å². The van der Waals surface area contributed by atoms with Crippen LogP contribution in [0.1, 0.15) is 45.2 Å². The number of anilines is 1. The number of hydrogen-bond donors (Lipinski definition) is 1. The van der Waals surface area contributed by atoms with Crippen LogP contribution < -0.4 is 10.2 Å². The molecule has 0 amide bonds. The van der Waals surface area contributed by atoms with Crippen LogP contribution in [0.15, 0.2) is 10.7 Å². The number of aromatic nitrogens is 1. The van der Waals surface area contributed by atoms with Gasteiger partial charge in [0.15, 0.2) is 0 Å². The Hall–Kier alpha value is -1.03. The van der Waals surface area contributed by atoms with Crippen molar-refractivity contribution in [3.8, 4) is 0 Å². The lowest BCUT2D eigenvalue weighted by molar-refractivity contribution is 0.515. The molecule has 0 aromatic carbocycles. The Morgan fingerprint density at radius 1 is 1.53 bits per heavy atom. The van der Waals surface area contributed by atoms with Crippen molar-refractivity contribution in [1.82, 2.24) is 10.3 Å². The van der Waals surface area contributed by atoms with Crippen molar-refractivity contribution in [1.29, 1.82) is 0 Å². The van der Waals surface area contributed by atoms with E-state index in [0.29, 0.717) is 6.04 Å². The predicted octanol–water partition coefficient (Wildman–Crippen LogP) is 2.55. The minimum atomic E-state index is 0.616. The number of hydrogen-bond acceptors (Lipinski definition) is 4. The van der Waals surface area contributed by atoms with Gasteiger partial charge in [-0.2, -0.15) is 4.98 Å². The summed E-state index contributed by atoms with van der Waals surface area (Å²) in [5.41, 5.74) is 1.01. The fourth-order valence-corrected chi connectivity index (χ4v) is 2.41. The van der Waals surface area contributed by atoms with Gasteiger partial charge in [-0.15, -0.1) is 0 Å². The first-order valence-corrected chi connectivity index (χ1v) is 6.77. The van der Waals surface area contributed by atoms with Crippen LogP contribution in [0.25, 0.3) is 0 Å². The van der Waals surface area contributed by atoms with E-state index in [9.17, 15) is 0 Å². The highest BCUT2D eigenvalue weighted by Gasteiger charge is 2.26. The maximum Gasteiger partial charge on any atom is 0.297 e.